The van der Waals surface area contributed by atoms with Crippen molar-refractivity contribution in [2.45, 2.75) is 37.1 Å². The van der Waals surface area contributed by atoms with Gasteiger partial charge in [-0.25, -0.2) is 4.98 Å². The van der Waals surface area contributed by atoms with Crippen LogP contribution in [-0.4, -0.2) is 27.5 Å². The van der Waals surface area contributed by atoms with E-state index in [1.165, 1.54) is 19.3 Å². The molecule has 2 atom stereocenters. The molecule has 1 aliphatic carbocycles. The summed E-state index contributed by atoms with van der Waals surface area (Å²) in [6.07, 6.45) is 5.80. The predicted octanol–water partition coefficient (Wildman–Crippen LogP) is 2.95. The summed E-state index contributed by atoms with van der Waals surface area (Å²) in [7, 11) is 0. The van der Waals surface area contributed by atoms with Gasteiger partial charge in [-0.15, -0.1) is 0 Å². The first-order valence-corrected chi connectivity index (χ1v) is 8.77. The minimum atomic E-state index is -0.109. The lowest BCUT2D eigenvalue weighted by Crippen LogP contribution is -2.28. The summed E-state index contributed by atoms with van der Waals surface area (Å²) in [5.41, 5.74) is 0.540. The number of hydrogen-bond acceptors (Lipinski definition) is 4. The molecule has 0 spiro atoms. The molecule has 112 valence electrons. The summed E-state index contributed by atoms with van der Waals surface area (Å²) in [5.74, 6) is 0.669. The van der Waals surface area contributed by atoms with E-state index in [4.69, 9.17) is 11.6 Å². The van der Waals surface area contributed by atoms with Gasteiger partial charge in [0.15, 0.2) is 0 Å². The number of hydrogen-bond donors (Lipinski definition) is 2. The van der Waals surface area contributed by atoms with Crippen LogP contribution in [0.3, 0.4) is 0 Å². The Hall–Kier alpha value is -1.04. The fourth-order valence-electron chi connectivity index (χ4n) is 2.83. The lowest BCUT2D eigenvalue weighted by Gasteiger charge is -2.12. The molecule has 4 nitrogen and oxygen atoms in total. The van der Waals surface area contributed by atoms with Crippen LogP contribution in [0.25, 0.3) is 10.9 Å². The van der Waals surface area contributed by atoms with Crippen LogP contribution < -0.4 is 10.9 Å². The number of nitrogens with zero attached hydrogens (tertiary/aromatic N) is 1. The van der Waals surface area contributed by atoms with Crippen molar-refractivity contribution in [2.75, 3.05) is 6.26 Å². The highest BCUT2D eigenvalue weighted by Crippen LogP contribution is 2.28. The summed E-state index contributed by atoms with van der Waals surface area (Å²) in [6.45, 7) is 0.587. The smallest absolute Gasteiger partial charge is 0.258 e. The van der Waals surface area contributed by atoms with Gasteiger partial charge in [0.05, 0.1) is 17.4 Å². The summed E-state index contributed by atoms with van der Waals surface area (Å²) >= 11 is 7.90. The first-order valence-electron chi connectivity index (χ1n) is 7.10. The zero-order valence-corrected chi connectivity index (χ0v) is 13.4. The number of benzene rings is 1. The number of aromatic amines is 1. The summed E-state index contributed by atoms with van der Waals surface area (Å²) in [6, 6.07) is 5.66. The van der Waals surface area contributed by atoms with Gasteiger partial charge in [-0.3, -0.25) is 4.79 Å². The molecule has 2 N–H and O–H groups in total. The molecule has 2 unspecified atom stereocenters. The molecule has 0 saturated heterocycles. The van der Waals surface area contributed by atoms with Gasteiger partial charge in [0.25, 0.3) is 5.56 Å². The number of thioether (sulfide) groups is 1. The Bertz CT molecular complexity index is 703. The molecule has 0 aliphatic heterocycles. The van der Waals surface area contributed by atoms with Gasteiger partial charge in [-0.2, -0.15) is 11.8 Å². The molecule has 0 amide bonds. The molecule has 1 heterocycles. The van der Waals surface area contributed by atoms with E-state index < -0.39 is 0 Å². The topological polar surface area (TPSA) is 57.8 Å². The van der Waals surface area contributed by atoms with E-state index in [-0.39, 0.29) is 5.56 Å². The van der Waals surface area contributed by atoms with Crippen LogP contribution in [-0.2, 0) is 6.54 Å². The van der Waals surface area contributed by atoms with Crippen LogP contribution in [0.2, 0.25) is 5.02 Å². The van der Waals surface area contributed by atoms with Crippen LogP contribution >= 0.6 is 23.4 Å². The zero-order chi connectivity index (χ0) is 14.8. The molecule has 3 rings (SSSR count). The fourth-order valence-corrected chi connectivity index (χ4v) is 3.79. The van der Waals surface area contributed by atoms with Gasteiger partial charge in [0.1, 0.15) is 5.82 Å². The van der Waals surface area contributed by atoms with Gasteiger partial charge in [-0.1, -0.05) is 11.6 Å². The second-order valence-corrected chi connectivity index (χ2v) is 7.00. The van der Waals surface area contributed by atoms with Crippen molar-refractivity contribution in [1.82, 2.24) is 15.3 Å². The predicted molar refractivity (Wildman–Crippen MR) is 89.2 cm³/mol. The minimum Gasteiger partial charge on any atom is -0.309 e. The number of nitrogens with one attached hydrogen (secondary N) is 2. The maximum Gasteiger partial charge on any atom is 0.258 e. The van der Waals surface area contributed by atoms with E-state index in [1.807, 2.05) is 11.8 Å². The molecule has 1 aromatic carbocycles. The number of fused-ring (bicyclic) bond motifs is 1. The van der Waals surface area contributed by atoms with Gasteiger partial charge in [0.2, 0.25) is 0 Å². The van der Waals surface area contributed by atoms with E-state index in [0.717, 1.165) is 5.25 Å². The van der Waals surface area contributed by atoms with E-state index >= 15 is 0 Å². The fraction of sp³-hybridized carbons (Fsp3) is 0.467. The summed E-state index contributed by atoms with van der Waals surface area (Å²) in [5, 5.41) is 5.42. The van der Waals surface area contributed by atoms with Crippen molar-refractivity contribution >= 4 is 34.3 Å². The molecule has 1 aliphatic rings. The third kappa shape index (κ3) is 3.42. The Kier molecular flexibility index (Phi) is 4.52. The van der Waals surface area contributed by atoms with Crippen molar-refractivity contribution in [3.8, 4) is 0 Å². The van der Waals surface area contributed by atoms with E-state index in [0.29, 0.717) is 34.3 Å². The van der Waals surface area contributed by atoms with Crippen molar-refractivity contribution in [2.24, 2.45) is 0 Å². The second kappa shape index (κ2) is 6.38. The normalized spacial score (nSPS) is 22.0. The maximum atomic E-state index is 12.0. The van der Waals surface area contributed by atoms with Crippen molar-refractivity contribution < 1.29 is 0 Å². The van der Waals surface area contributed by atoms with Crippen LogP contribution in [0.1, 0.15) is 25.1 Å². The van der Waals surface area contributed by atoms with Gasteiger partial charge < -0.3 is 10.3 Å². The molecule has 0 bridgehead atoms. The molecule has 1 fully saturated rings. The SMILES string of the molecule is CSC1CCC(NCc2nc3cc(Cl)ccc3c(=O)[nH]2)C1. The Balaban J connectivity index is 1.74. The number of halogens is 1. The lowest BCUT2D eigenvalue weighted by molar-refractivity contribution is 0.514. The average Bonchev–Trinajstić information content (AvgIpc) is 2.92. The quantitative estimate of drug-likeness (QED) is 0.908. The van der Waals surface area contributed by atoms with Gasteiger partial charge >= 0.3 is 0 Å². The Morgan fingerprint density at radius 2 is 2.33 bits per heavy atom. The number of aromatic nitrogens is 2. The van der Waals surface area contributed by atoms with Crippen LogP contribution in [0.5, 0.6) is 0 Å². The Morgan fingerprint density at radius 1 is 1.48 bits per heavy atom. The second-order valence-electron chi connectivity index (χ2n) is 5.42. The van der Waals surface area contributed by atoms with Crippen LogP contribution in [0, 0.1) is 0 Å². The van der Waals surface area contributed by atoms with E-state index in [9.17, 15) is 4.79 Å². The monoisotopic (exact) mass is 323 g/mol. The molecule has 1 aromatic heterocycles. The molecule has 21 heavy (non-hydrogen) atoms. The van der Waals surface area contributed by atoms with Crippen molar-refractivity contribution in [3.63, 3.8) is 0 Å². The largest absolute Gasteiger partial charge is 0.309 e. The van der Waals surface area contributed by atoms with Gasteiger partial charge in [-0.05, 0) is 43.7 Å². The zero-order valence-electron chi connectivity index (χ0n) is 11.9. The molecular formula is C15H18ClN3OS. The third-order valence-electron chi connectivity index (χ3n) is 3.99. The highest BCUT2D eigenvalue weighted by Gasteiger charge is 2.23. The first kappa shape index (κ1) is 14.9. The molecular weight excluding hydrogens is 306 g/mol. The minimum absolute atomic E-state index is 0.109. The molecule has 1 saturated carbocycles. The van der Waals surface area contributed by atoms with Crippen molar-refractivity contribution in [3.05, 3.63) is 39.4 Å². The van der Waals surface area contributed by atoms with E-state index in [1.54, 1.807) is 18.2 Å². The highest BCUT2D eigenvalue weighted by molar-refractivity contribution is 7.99. The van der Waals surface area contributed by atoms with Crippen LogP contribution in [0.15, 0.2) is 23.0 Å². The molecule has 6 heteroatoms. The lowest BCUT2D eigenvalue weighted by atomic mass is 10.2. The standard InChI is InChI=1S/C15H18ClN3OS/c1-21-11-4-3-10(7-11)17-8-14-18-13-6-9(16)2-5-12(13)15(20)19-14/h2,5-6,10-11,17H,3-4,7-8H2,1H3,(H,18,19,20). The van der Waals surface area contributed by atoms with Crippen LogP contribution in [0.4, 0.5) is 0 Å². The third-order valence-corrected chi connectivity index (χ3v) is 5.32. The molecule has 2 aromatic rings. The first-order chi connectivity index (χ1) is 10.2. The van der Waals surface area contributed by atoms with Crippen molar-refractivity contribution in [1.29, 1.82) is 0 Å². The molecule has 0 radical (unpaired) electrons. The van der Waals surface area contributed by atoms with E-state index in [2.05, 4.69) is 21.5 Å². The summed E-state index contributed by atoms with van der Waals surface area (Å²) < 4.78 is 0. The number of H-pyrrole nitrogens is 1. The Labute approximate surface area is 132 Å². The van der Waals surface area contributed by atoms with Gasteiger partial charge in [0, 0.05) is 16.3 Å². The average molecular weight is 324 g/mol. The Morgan fingerprint density at radius 3 is 3.10 bits per heavy atom. The number of rotatable bonds is 4. The highest BCUT2D eigenvalue weighted by atomic mass is 35.5. The maximum absolute atomic E-state index is 12.0. The summed E-state index contributed by atoms with van der Waals surface area (Å²) in [4.78, 5) is 19.4.